The zero-order valence-corrected chi connectivity index (χ0v) is 18.8. The van der Waals surface area contributed by atoms with E-state index in [2.05, 4.69) is 10.4 Å². The second kappa shape index (κ2) is 9.75. The van der Waals surface area contributed by atoms with Crippen LogP contribution >= 0.6 is 11.6 Å². The van der Waals surface area contributed by atoms with Gasteiger partial charge in [-0.1, -0.05) is 30.9 Å². The number of halogens is 4. The molecule has 178 valence electrons. The minimum Gasteiger partial charge on any atom is -0.353 e. The molecule has 33 heavy (non-hydrogen) atoms. The molecule has 1 unspecified atom stereocenters. The summed E-state index contributed by atoms with van der Waals surface area (Å²) in [6, 6.07) is 5.88. The molecule has 6 nitrogen and oxygen atoms in total. The van der Waals surface area contributed by atoms with Gasteiger partial charge in [-0.05, 0) is 49.9 Å². The maximum atomic E-state index is 14.0. The highest BCUT2D eigenvalue weighted by Crippen LogP contribution is 2.35. The van der Waals surface area contributed by atoms with Gasteiger partial charge in [0.2, 0.25) is 5.91 Å². The summed E-state index contributed by atoms with van der Waals surface area (Å²) in [6.45, 7) is 0.399. The van der Waals surface area contributed by atoms with Crippen LogP contribution in [0.15, 0.2) is 30.5 Å². The molecule has 1 aromatic carbocycles. The first-order valence-corrected chi connectivity index (χ1v) is 11.6. The van der Waals surface area contributed by atoms with Crippen LogP contribution in [0.2, 0.25) is 5.02 Å². The number of nitrogens with one attached hydrogen (secondary N) is 1. The van der Waals surface area contributed by atoms with Crippen LogP contribution in [0, 0.1) is 5.92 Å². The van der Waals surface area contributed by atoms with Gasteiger partial charge in [-0.15, -0.1) is 0 Å². The summed E-state index contributed by atoms with van der Waals surface area (Å²) in [7, 11) is 0. The average Bonchev–Trinajstić information content (AvgIpc) is 3.26. The zero-order chi connectivity index (χ0) is 23.6. The van der Waals surface area contributed by atoms with Gasteiger partial charge in [0, 0.05) is 24.2 Å². The van der Waals surface area contributed by atoms with E-state index < -0.39 is 29.3 Å². The molecule has 0 bridgehead atoms. The lowest BCUT2D eigenvalue weighted by molar-refractivity contribution is -0.143. The van der Waals surface area contributed by atoms with Crippen molar-refractivity contribution in [2.75, 3.05) is 13.1 Å². The van der Waals surface area contributed by atoms with Crippen molar-refractivity contribution in [3.8, 4) is 5.69 Å². The number of nitrogens with zero attached hydrogens (tertiary/aromatic N) is 3. The van der Waals surface area contributed by atoms with Crippen LogP contribution in [0.4, 0.5) is 13.2 Å². The van der Waals surface area contributed by atoms with E-state index in [1.54, 1.807) is 0 Å². The van der Waals surface area contributed by atoms with Gasteiger partial charge >= 0.3 is 6.18 Å². The van der Waals surface area contributed by atoms with E-state index in [1.165, 1.54) is 35.6 Å². The fourth-order valence-electron chi connectivity index (χ4n) is 4.67. The molecule has 2 aromatic rings. The largest absolute Gasteiger partial charge is 0.434 e. The van der Waals surface area contributed by atoms with Crippen molar-refractivity contribution in [3.05, 3.63) is 46.7 Å². The second-order valence-corrected chi connectivity index (χ2v) is 9.16. The van der Waals surface area contributed by atoms with E-state index >= 15 is 0 Å². The molecule has 0 radical (unpaired) electrons. The Kier molecular flexibility index (Phi) is 6.97. The summed E-state index contributed by atoms with van der Waals surface area (Å²) in [4.78, 5) is 27.2. The molecule has 1 aromatic heterocycles. The standard InChI is InChI=1S/C23H26ClF3N4O2/c24-16-8-10-18(11-9-16)31-20(23(25,26)27)19(13-28-31)22(33)30-12-4-5-15(14-30)21(32)29-17-6-2-1-3-7-17/h8-11,13,15,17H,1-7,12,14H2,(H,29,32). The number of carbonyl (C=O) groups excluding carboxylic acids is 2. The maximum Gasteiger partial charge on any atom is 0.434 e. The van der Waals surface area contributed by atoms with Crippen molar-refractivity contribution in [3.63, 3.8) is 0 Å². The highest BCUT2D eigenvalue weighted by molar-refractivity contribution is 6.30. The van der Waals surface area contributed by atoms with Gasteiger partial charge in [-0.25, -0.2) is 4.68 Å². The molecule has 1 atom stereocenters. The van der Waals surface area contributed by atoms with Gasteiger partial charge in [0.25, 0.3) is 5.91 Å². The van der Waals surface area contributed by atoms with Crippen molar-refractivity contribution in [2.24, 2.45) is 5.92 Å². The lowest BCUT2D eigenvalue weighted by Crippen LogP contribution is -2.48. The van der Waals surface area contributed by atoms with Crippen molar-refractivity contribution < 1.29 is 22.8 Å². The normalized spacial score (nSPS) is 20.0. The molecule has 2 amide bonds. The fraction of sp³-hybridized carbons (Fsp3) is 0.522. The number of likely N-dealkylation sites (tertiary alicyclic amines) is 1. The summed E-state index contributed by atoms with van der Waals surface area (Å²) >= 11 is 5.84. The number of amides is 2. The molecular formula is C23H26ClF3N4O2. The second-order valence-electron chi connectivity index (χ2n) is 8.73. The molecular weight excluding hydrogens is 457 g/mol. The van der Waals surface area contributed by atoms with Crippen LogP contribution < -0.4 is 5.32 Å². The van der Waals surface area contributed by atoms with Crippen LogP contribution in [-0.2, 0) is 11.0 Å². The summed E-state index contributed by atoms with van der Waals surface area (Å²) in [6.07, 6.45) is 2.54. The van der Waals surface area contributed by atoms with Gasteiger partial charge in [0.05, 0.1) is 23.4 Å². The van der Waals surface area contributed by atoms with Crippen LogP contribution in [-0.4, -0.2) is 45.6 Å². The molecule has 4 rings (SSSR count). The Morgan fingerprint density at radius 3 is 2.39 bits per heavy atom. The number of carbonyl (C=O) groups is 2. The lowest BCUT2D eigenvalue weighted by Gasteiger charge is -2.33. The number of hydrogen-bond donors (Lipinski definition) is 1. The molecule has 10 heteroatoms. The molecule has 0 spiro atoms. The molecule has 2 aliphatic rings. The molecule has 2 fully saturated rings. The Morgan fingerprint density at radius 1 is 1.03 bits per heavy atom. The van der Waals surface area contributed by atoms with E-state index in [-0.39, 0.29) is 24.2 Å². The fourth-order valence-corrected chi connectivity index (χ4v) is 4.79. The van der Waals surface area contributed by atoms with Crippen molar-refractivity contribution >= 4 is 23.4 Å². The predicted octanol–water partition coefficient (Wildman–Crippen LogP) is 4.85. The first-order chi connectivity index (χ1) is 15.7. The smallest absolute Gasteiger partial charge is 0.353 e. The van der Waals surface area contributed by atoms with Gasteiger partial charge < -0.3 is 10.2 Å². The SMILES string of the molecule is O=C(NC1CCCCC1)C1CCCN(C(=O)c2cnn(-c3ccc(Cl)cc3)c2C(F)(F)F)C1. The number of hydrogen-bond acceptors (Lipinski definition) is 3. The lowest BCUT2D eigenvalue weighted by atomic mass is 9.92. The van der Waals surface area contributed by atoms with E-state index in [9.17, 15) is 22.8 Å². The Morgan fingerprint density at radius 2 is 1.73 bits per heavy atom. The van der Waals surface area contributed by atoms with Gasteiger partial charge in [0.1, 0.15) is 0 Å². The summed E-state index contributed by atoms with van der Waals surface area (Å²) in [5, 5.41) is 7.30. The highest BCUT2D eigenvalue weighted by atomic mass is 35.5. The van der Waals surface area contributed by atoms with Crippen LogP contribution in [0.25, 0.3) is 5.69 Å². The Hall–Kier alpha value is -2.55. The summed E-state index contributed by atoms with van der Waals surface area (Å²) in [5.41, 5.74) is -1.51. The topological polar surface area (TPSA) is 67.2 Å². The monoisotopic (exact) mass is 482 g/mol. The van der Waals surface area contributed by atoms with Gasteiger partial charge in [0.15, 0.2) is 5.69 Å². The molecule has 1 N–H and O–H groups in total. The molecule has 1 aliphatic carbocycles. The summed E-state index contributed by atoms with van der Waals surface area (Å²) < 4.78 is 42.6. The molecule has 1 saturated heterocycles. The highest BCUT2D eigenvalue weighted by Gasteiger charge is 2.42. The number of benzene rings is 1. The minimum absolute atomic E-state index is 0.0980. The number of rotatable bonds is 4. The van der Waals surface area contributed by atoms with E-state index in [0.717, 1.165) is 31.9 Å². The van der Waals surface area contributed by atoms with E-state index in [1.807, 2.05) is 0 Å². The van der Waals surface area contributed by atoms with Crippen LogP contribution in [0.1, 0.15) is 61.0 Å². The quantitative estimate of drug-likeness (QED) is 0.677. The Balaban J connectivity index is 1.53. The third kappa shape index (κ3) is 5.34. The van der Waals surface area contributed by atoms with E-state index in [4.69, 9.17) is 11.6 Å². The molecule has 1 aliphatic heterocycles. The first-order valence-electron chi connectivity index (χ1n) is 11.2. The first kappa shape index (κ1) is 23.6. The number of aromatic nitrogens is 2. The minimum atomic E-state index is -4.80. The zero-order valence-electron chi connectivity index (χ0n) is 18.1. The molecule has 1 saturated carbocycles. The van der Waals surface area contributed by atoms with Crippen molar-refractivity contribution in [1.29, 1.82) is 0 Å². The van der Waals surface area contributed by atoms with Crippen LogP contribution in [0.3, 0.4) is 0 Å². The predicted molar refractivity (Wildman–Crippen MR) is 117 cm³/mol. The van der Waals surface area contributed by atoms with Gasteiger partial charge in [-0.2, -0.15) is 18.3 Å². The number of alkyl halides is 3. The van der Waals surface area contributed by atoms with Crippen molar-refractivity contribution in [1.82, 2.24) is 20.0 Å². The average molecular weight is 483 g/mol. The molecule has 2 heterocycles. The number of piperidine rings is 1. The van der Waals surface area contributed by atoms with E-state index in [0.29, 0.717) is 29.1 Å². The summed E-state index contributed by atoms with van der Waals surface area (Å²) in [5.74, 6) is -1.31. The maximum absolute atomic E-state index is 14.0. The van der Waals surface area contributed by atoms with Gasteiger partial charge in [-0.3, -0.25) is 9.59 Å². The third-order valence-electron chi connectivity index (χ3n) is 6.37. The Bertz CT molecular complexity index is 1000. The van der Waals surface area contributed by atoms with Crippen LogP contribution in [0.5, 0.6) is 0 Å². The van der Waals surface area contributed by atoms with Crippen molar-refractivity contribution in [2.45, 2.75) is 57.2 Å². The third-order valence-corrected chi connectivity index (χ3v) is 6.62. The Labute approximate surface area is 195 Å².